The molecule has 1 heterocycles. The van der Waals surface area contributed by atoms with Crippen molar-refractivity contribution in [1.29, 1.82) is 0 Å². The van der Waals surface area contributed by atoms with Gasteiger partial charge in [0.2, 0.25) is 17.7 Å². The van der Waals surface area contributed by atoms with Crippen LogP contribution < -0.4 is 21.7 Å². The van der Waals surface area contributed by atoms with E-state index >= 15 is 0 Å². The van der Waals surface area contributed by atoms with Crippen LogP contribution in [0.2, 0.25) is 0 Å². The van der Waals surface area contributed by atoms with Crippen LogP contribution in [0, 0.1) is 0 Å². The summed E-state index contributed by atoms with van der Waals surface area (Å²) in [6.45, 7) is 1.15. The molecule has 1 aromatic rings. The Labute approximate surface area is 205 Å². The Morgan fingerprint density at radius 1 is 1.06 bits per heavy atom. The molecular formula is C20H32N6O8S. The van der Waals surface area contributed by atoms with Crippen molar-refractivity contribution in [3.05, 3.63) is 18.2 Å². The van der Waals surface area contributed by atoms with Gasteiger partial charge in [0, 0.05) is 24.7 Å². The van der Waals surface area contributed by atoms with Gasteiger partial charge in [-0.3, -0.25) is 19.2 Å². The number of aromatic nitrogens is 2. The number of amides is 3. The lowest BCUT2D eigenvalue weighted by molar-refractivity contribution is -0.145. The van der Waals surface area contributed by atoms with Gasteiger partial charge in [0.05, 0.1) is 18.5 Å². The lowest BCUT2D eigenvalue weighted by Gasteiger charge is -2.25. The number of aliphatic hydroxyl groups is 1. The van der Waals surface area contributed by atoms with Crippen LogP contribution >= 0.6 is 11.8 Å². The van der Waals surface area contributed by atoms with Gasteiger partial charge >= 0.3 is 11.9 Å². The van der Waals surface area contributed by atoms with E-state index in [-0.39, 0.29) is 12.8 Å². The second kappa shape index (κ2) is 15.0. The molecule has 35 heavy (non-hydrogen) atoms. The first-order valence-corrected chi connectivity index (χ1v) is 12.1. The number of hydrogen-bond acceptors (Lipinski definition) is 9. The molecule has 0 spiro atoms. The third-order valence-electron chi connectivity index (χ3n) is 4.91. The molecule has 14 nitrogen and oxygen atoms in total. The molecule has 1 aromatic heterocycles. The second-order valence-electron chi connectivity index (χ2n) is 7.79. The van der Waals surface area contributed by atoms with Crippen LogP contribution in [0.1, 0.15) is 31.9 Å². The van der Waals surface area contributed by atoms with Crippen molar-refractivity contribution in [2.24, 2.45) is 5.73 Å². The molecule has 0 aromatic carbocycles. The maximum Gasteiger partial charge on any atom is 0.328 e. The number of carboxylic acid groups (broad SMARTS) is 2. The number of nitrogens with two attached hydrogens (primary N) is 1. The van der Waals surface area contributed by atoms with E-state index in [1.165, 1.54) is 24.3 Å². The van der Waals surface area contributed by atoms with Crippen LogP contribution in [0.5, 0.6) is 0 Å². The first-order chi connectivity index (χ1) is 16.5. The first-order valence-electron chi connectivity index (χ1n) is 10.7. The number of aromatic amines is 1. The van der Waals surface area contributed by atoms with E-state index in [0.29, 0.717) is 17.9 Å². The topological polar surface area (TPSA) is 237 Å². The lowest BCUT2D eigenvalue weighted by Crippen LogP contribution is -2.58. The Balaban J connectivity index is 3.06. The number of hydrogen-bond donors (Lipinski definition) is 8. The number of aliphatic carboxylic acids is 2. The Hall–Kier alpha value is -3.17. The predicted octanol–water partition coefficient (Wildman–Crippen LogP) is -2.18. The quantitative estimate of drug-likeness (QED) is 0.117. The molecule has 0 saturated heterocycles. The summed E-state index contributed by atoms with van der Waals surface area (Å²) in [6, 6.07) is -5.21. The highest BCUT2D eigenvalue weighted by Crippen LogP contribution is 2.06. The summed E-state index contributed by atoms with van der Waals surface area (Å²) in [6.07, 6.45) is 2.67. The van der Waals surface area contributed by atoms with Crippen molar-refractivity contribution in [2.75, 3.05) is 12.0 Å². The van der Waals surface area contributed by atoms with Gasteiger partial charge in [0.15, 0.2) is 6.04 Å². The predicted molar refractivity (Wildman–Crippen MR) is 125 cm³/mol. The number of carboxylic acids is 2. The molecule has 0 fully saturated rings. The SMILES string of the molecule is CSCCC(N)C(=O)NC(Cc1cnc[nH]1)C(=O)NC(CCC(=O)O)C(=O)NC(C(=O)O)C(C)O. The molecule has 0 saturated carbocycles. The number of nitrogens with one attached hydrogen (secondary N) is 4. The standard InChI is InChI=1S/C20H32N6O8S/c1-10(27)16(20(33)34)26-18(31)13(3-4-15(28)29)24-19(32)14(7-11-8-22-9-23-11)25-17(30)12(21)5-6-35-2/h8-10,12-14,16,27H,3-7,21H2,1-2H3,(H,22,23)(H,24,32)(H,25,30)(H,26,31)(H,28,29)(H,33,34). The van der Waals surface area contributed by atoms with Crippen LogP contribution in [0.25, 0.3) is 0 Å². The fraction of sp³-hybridized carbons (Fsp3) is 0.600. The van der Waals surface area contributed by atoms with Crippen LogP contribution in [0.3, 0.4) is 0 Å². The third kappa shape index (κ3) is 10.7. The zero-order chi connectivity index (χ0) is 26.5. The Morgan fingerprint density at radius 2 is 1.69 bits per heavy atom. The van der Waals surface area contributed by atoms with Crippen molar-refractivity contribution in [3.63, 3.8) is 0 Å². The van der Waals surface area contributed by atoms with Crippen LogP contribution in [0.15, 0.2) is 12.5 Å². The van der Waals surface area contributed by atoms with Crippen molar-refractivity contribution in [1.82, 2.24) is 25.9 Å². The van der Waals surface area contributed by atoms with E-state index in [1.807, 2.05) is 6.26 Å². The summed E-state index contributed by atoms with van der Waals surface area (Å²) in [5.74, 6) is -4.55. The number of aliphatic hydroxyl groups excluding tert-OH is 1. The molecule has 0 bridgehead atoms. The third-order valence-corrected chi connectivity index (χ3v) is 5.55. The average Bonchev–Trinajstić information content (AvgIpc) is 3.30. The smallest absolute Gasteiger partial charge is 0.328 e. The molecule has 5 atom stereocenters. The van der Waals surface area contributed by atoms with E-state index in [9.17, 15) is 34.2 Å². The zero-order valence-corrected chi connectivity index (χ0v) is 20.2. The summed E-state index contributed by atoms with van der Waals surface area (Å²) < 4.78 is 0. The van der Waals surface area contributed by atoms with E-state index in [4.69, 9.17) is 10.8 Å². The van der Waals surface area contributed by atoms with Gasteiger partial charge in [0.1, 0.15) is 12.1 Å². The van der Waals surface area contributed by atoms with E-state index in [2.05, 4.69) is 25.9 Å². The average molecular weight is 517 g/mol. The molecule has 196 valence electrons. The normalized spacial score (nSPS) is 15.2. The second-order valence-corrected chi connectivity index (χ2v) is 8.77. The molecule has 0 aliphatic heterocycles. The van der Waals surface area contributed by atoms with Crippen LogP contribution in [0.4, 0.5) is 0 Å². The van der Waals surface area contributed by atoms with E-state index in [1.54, 1.807) is 0 Å². The number of thioether (sulfide) groups is 1. The van der Waals surface area contributed by atoms with Crippen molar-refractivity contribution >= 4 is 41.4 Å². The summed E-state index contributed by atoms with van der Waals surface area (Å²) in [4.78, 5) is 67.3. The summed E-state index contributed by atoms with van der Waals surface area (Å²) in [7, 11) is 0. The highest BCUT2D eigenvalue weighted by Gasteiger charge is 2.32. The minimum atomic E-state index is -1.68. The Kier molecular flexibility index (Phi) is 12.8. The number of H-pyrrole nitrogens is 1. The molecule has 3 amide bonds. The number of nitrogens with zero attached hydrogens (tertiary/aromatic N) is 1. The highest BCUT2D eigenvalue weighted by atomic mass is 32.2. The maximum atomic E-state index is 13.1. The minimum absolute atomic E-state index is 0.0362. The lowest BCUT2D eigenvalue weighted by atomic mass is 10.1. The van der Waals surface area contributed by atoms with Gasteiger partial charge in [-0.1, -0.05) is 0 Å². The molecule has 0 aliphatic rings. The number of imidazole rings is 1. The highest BCUT2D eigenvalue weighted by molar-refractivity contribution is 7.98. The van der Waals surface area contributed by atoms with Gasteiger partial charge in [-0.15, -0.1) is 0 Å². The monoisotopic (exact) mass is 516 g/mol. The summed E-state index contributed by atoms with van der Waals surface area (Å²) >= 11 is 1.50. The van der Waals surface area contributed by atoms with Crippen molar-refractivity contribution < 1.29 is 39.3 Å². The molecule has 0 radical (unpaired) electrons. The molecule has 9 N–H and O–H groups in total. The number of carbonyl (C=O) groups excluding carboxylic acids is 3. The largest absolute Gasteiger partial charge is 0.481 e. The minimum Gasteiger partial charge on any atom is -0.481 e. The van der Waals surface area contributed by atoms with E-state index in [0.717, 1.165) is 6.92 Å². The maximum absolute atomic E-state index is 13.1. The summed E-state index contributed by atoms with van der Waals surface area (Å²) in [5, 5.41) is 34.8. The van der Waals surface area contributed by atoms with Gasteiger partial charge in [-0.25, -0.2) is 9.78 Å². The number of rotatable bonds is 16. The summed E-state index contributed by atoms with van der Waals surface area (Å²) in [5.41, 5.74) is 6.38. The van der Waals surface area contributed by atoms with Gasteiger partial charge < -0.3 is 42.0 Å². The number of carbonyl (C=O) groups is 5. The molecular weight excluding hydrogens is 484 g/mol. The zero-order valence-electron chi connectivity index (χ0n) is 19.4. The van der Waals surface area contributed by atoms with Crippen LogP contribution in [-0.2, 0) is 30.4 Å². The van der Waals surface area contributed by atoms with Gasteiger partial charge in [-0.05, 0) is 31.8 Å². The Morgan fingerprint density at radius 3 is 2.20 bits per heavy atom. The molecule has 15 heteroatoms. The fourth-order valence-corrected chi connectivity index (χ4v) is 3.42. The van der Waals surface area contributed by atoms with Crippen molar-refractivity contribution in [2.45, 2.75) is 62.9 Å². The first kappa shape index (κ1) is 29.9. The van der Waals surface area contributed by atoms with Crippen molar-refractivity contribution in [3.8, 4) is 0 Å². The van der Waals surface area contributed by atoms with Crippen LogP contribution in [-0.4, -0.2) is 97.2 Å². The fourth-order valence-electron chi connectivity index (χ4n) is 2.93. The molecule has 1 rings (SSSR count). The van der Waals surface area contributed by atoms with Gasteiger partial charge in [0.25, 0.3) is 0 Å². The Bertz CT molecular complexity index is 866. The molecule has 0 aliphatic carbocycles. The van der Waals surface area contributed by atoms with Gasteiger partial charge in [-0.2, -0.15) is 11.8 Å². The van der Waals surface area contributed by atoms with E-state index < -0.39 is 66.4 Å². The molecule has 5 unspecified atom stereocenters.